The third-order valence-electron chi connectivity index (χ3n) is 2.76. The first-order valence-electron chi connectivity index (χ1n) is 6.15. The van der Waals surface area contributed by atoms with E-state index in [0.29, 0.717) is 11.6 Å². The van der Waals surface area contributed by atoms with Crippen LogP contribution < -0.4 is 5.73 Å². The summed E-state index contributed by atoms with van der Waals surface area (Å²) in [5.74, 6) is 1.85. The van der Waals surface area contributed by atoms with Crippen molar-refractivity contribution in [1.29, 1.82) is 0 Å². The number of para-hydroxylation sites is 1. The predicted octanol–water partition coefficient (Wildman–Crippen LogP) is 2.60. The topological polar surface area (TPSA) is 77.6 Å². The first kappa shape index (κ1) is 12.8. The molecule has 1 aromatic carbocycles. The number of nitrogens with zero attached hydrogens (tertiary/aromatic N) is 4. The van der Waals surface area contributed by atoms with Crippen molar-refractivity contribution >= 4 is 28.5 Å². The zero-order valence-corrected chi connectivity index (χ0v) is 11.8. The van der Waals surface area contributed by atoms with Gasteiger partial charge in [0.15, 0.2) is 0 Å². The summed E-state index contributed by atoms with van der Waals surface area (Å²) >= 11 is 1.59. The number of hydrogen-bond acceptors (Lipinski definition) is 6. The molecule has 2 heterocycles. The lowest BCUT2D eigenvalue weighted by Crippen LogP contribution is -2.00. The van der Waals surface area contributed by atoms with Gasteiger partial charge < -0.3 is 5.73 Å². The zero-order valence-electron chi connectivity index (χ0n) is 10.9. The second-order valence-electron chi connectivity index (χ2n) is 4.34. The van der Waals surface area contributed by atoms with Crippen LogP contribution in [-0.4, -0.2) is 19.9 Å². The molecule has 0 aliphatic heterocycles. The Labute approximate surface area is 120 Å². The van der Waals surface area contributed by atoms with E-state index in [9.17, 15) is 0 Å². The maximum atomic E-state index is 5.73. The minimum atomic E-state index is 0.501. The Kier molecular flexibility index (Phi) is 3.47. The minimum Gasteiger partial charge on any atom is -0.384 e. The molecule has 0 fully saturated rings. The smallest absolute Gasteiger partial charge is 0.141 e. The highest BCUT2D eigenvalue weighted by Crippen LogP contribution is 2.26. The maximum Gasteiger partial charge on any atom is 0.141 e. The quantitative estimate of drug-likeness (QED) is 0.588. The van der Waals surface area contributed by atoms with E-state index < -0.39 is 0 Å². The Bertz CT molecular complexity index is 734. The number of benzene rings is 1. The number of hydrogen-bond donors (Lipinski definition) is 1. The molecule has 0 amide bonds. The molecule has 3 rings (SSSR count). The fourth-order valence-electron chi connectivity index (χ4n) is 1.95. The summed E-state index contributed by atoms with van der Waals surface area (Å²) in [6.45, 7) is 1.91. The summed E-state index contributed by atoms with van der Waals surface area (Å²) < 4.78 is 0. The maximum absolute atomic E-state index is 5.73. The monoisotopic (exact) mass is 283 g/mol. The van der Waals surface area contributed by atoms with Gasteiger partial charge >= 0.3 is 0 Å². The summed E-state index contributed by atoms with van der Waals surface area (Å²) in [7, 11) is 0. The molecule has 20 heavy (non-hydrogen) atoms. The van der Waals surface area contributed by atoms with Crippen molar-refractivity contribution in [2.24, 2.45) is 0 Å². The number of nitrogens with two attached hydrogens (primary N) is 1. The predicted molar refractivity (Wildman–Crippen MR) is 80.3 cm³/mol. The molecule has 0 radical (unpaired) electrons. The van der Waals surface area contributed by atoms with Gasteiger partial charge in [-0.05, 0) is 13.0 Å². The molecule has 0 bridgehead atoms. The summed E-state index contributed by atoms with van der Waals surface area (Å²) in [6.07, 6.45) is 1.58. The first-order chi connectivity index (χ1) is 9.72. The minimum absolute atomic E-state index is 0.501. The number of rotatable bonds is 3. The normalized spacial score (nSPS) is 10.8. The molecule has 5 nitrogen and oxygen atoms in total. The van der Waals surface area contributed by atoms with Crippen molar-refractivity contribution in [2.45, 2.75) is 17.7 Å². The Morgan fingerprint density at radius 1 is 1.15 bits per heavy atom. The van der Waals surface area contributed by atoms with Crippen molar-refractivity contribution in [3.05, 3.63) is 48.2 Å². The van der Waals surface area contributed by atoms with E-state index >= 15 is 0 Å². The van der Waals surface area contributed by atoms with E-state index in [2.05, 4.69) is 19.9 Å². The van der Waals surface area contributed by atoms with Gasteiger partial charge in [-0.3, -0.25) is 0 Å². The van der Waals surface area contributed by atoms with Gasteiger partial charge in [-0.2, -0.15) is 0 Å². The third kappa shape index (κ3) is 2.70. The van der Waals surface area contributed by atoms with Gasteiger partial charge in [0.05, 0.1) is 11.3 Å². The second-order valence-corrected chi connectivity index (χ2v) is 5.30. The van der Waals surface area contributed by atoms with Gasteiger partial charge in [-0.25, -0.2) is 19.9 Å². The van der Waals surface area contributed by atoms with E-state index in [-0.39, 0.29) is 0 Å². The van der Waals surface area contributed by atoms with Crippen LogP contribution in [-0.2, 0) is 5.75 Å². The zero-order chi connectivity index (χ0) is 13.9. The molecule has 0 atom stereocenters. The van der Waals surface area contributed by atoms with Crippen LogP contribution in [0.3, 0.4) is 0 Å². The number of nitrogen functional groups attached to an aromatic ring is 1. The molecule has 100 valence electrons. The molecule has 0 aliphatic rings. The molecule has 0 saturated heterocycles. The summed E-state index contributed by atoms with van der Waals surface area (Å²) in [4.78, 5) is 17.2. The molecule has 0 spiro atoms. The Morgan fingerprint density at radius 2 is 2.00 bits per heavy atom. The first-order valence-corrected chi connectivity index (χ1v) is 7.13. The molecule has 2 aromatic heterocycles. The summed E-state index contributed by atoms with van der Waals surface area (Å²) in [5.41, 5.74) is 7.55. The van der Waals surface area contributed by atoms with Gasteiger partial charge in [-0.1, -0.05) is 30.0 Å². The molecule has 2 N–H and O–H groups in total. The van der Waals surface area contributed by atoms with Crippen LogP contribution in [0.5, 0.6) is 0 Å². The molecule has 0 saturated carbocycles. The van der Waals surface area contributed by atoms with Crippen LogP contribution in [0.15, 0.2) is 41.7 Å². The molecule has 3 aromatic rings. The molecule has 0 aliphatic carbocycles. The second kappa shape index (κ2) is 5.42. The molecule has 6 heteroatoms. The van der Waals surface area contributed by atoms with E-state index in [1.807, 2.05) is 31.2 Å². The van der Waals surface area contributed by atoms with Crippen molar-refractivity contribution in [3.8, 4) is 0 Å². The van der Waals surface area contributed by atoms with Crippen molar-refractivity contribution in [2.75, 3.05) is 5.73 Å². The highest BCUT2D eigenvalue weighted by molar-refractivity contribution is 7.98. The molecular weight excluding hydrogens is 270 g/mol. The van der Waals surface area contributed by atoms with E-state index in [1.54, 1.807) is 24.2 Å². The van der Waals surface area contributed by atoms with Crippen LogP contribution in [0.25, 0.3) is 10.9 Å². The van der Waals surface area contributed by atoms with Gasteiger partial charge in [0, 0.05) is 17.1 Å². The van der Waals surface area contributed by atoms with Crippen LogP contribution in [0.2, 0.25) is 0 Å². The Hall–Kier alpha value is -2.21. The summed E-state index contributed by atoms with van der Waals surface area (Å²) in [6, 6.07) is 9.70. The number of anilines is 1. The lowest BCUT2D eigenvalue weighted by molar-refractivity contribution is 0.999. The van der Waals surface area contributed by atoms with E-state index in [0.717, 1.165) is 27.4 Å². The third-order valence-corrected chi connectivity index (χ3v) is 3.77. The van der Waals surface area contributed by atoms with Crippen molar-refractivity contribution in [1.82, 2.24) is 19.9 Å². The largest absolute Gasteiger partial charge is 0.384 e. The van der Waals surface area contributed by atoms with Crippen LogP contribution in [0.1, 0.15) is 11.5 Å². The standard InChI is InChI=1S/C14H13N5S/c1-9-6-12(15)19-13(18-9)7-20-14-10-4-2-3-5-11(10)16-8-17-14/h2-6,8H,7H2,1H3,(H2,15,18,19). The highest BCUT2D eigenvalue weighted by Gasteiger charge is 2.06. The average molecular weight is 283 g/mol. The number of thioether (sulfide) groups is 1. The number of fused-ring (bicyclic) bond motifs is 1. The Morgan fingerprint density at radius 3 is 2.85 bits per heavy atom. The Balaban J connectivity index is 1.87. The fraction of sp³-hybridized carbons (Fsp3) is 0.143. The van der Waals surface area contributed by atoms with E-state index in [4.69, 9.17) is 5.73 Å². The average Bonchev–Trinajstić information content (AvgIpc) is 2.44. The van der Waals surface area contributed by atoms with Crippen molar-refractivity contribution < 1.29 is 0 Å². The fourth-order valence-corrected chi connectivity index (χ4v) is 2.79. The highest BCUT2D eigenvalue weighted by atomic mass is 32.2. The summed E-state index contributed by atoms with van der Waals surface area (Å²) in [5, 5.41) is 1.97. The number of aryl methyl sites for hydroxylation is 1. The molecule has 0 unspecified atom stereocenters. The van der Waals surface area contributed by atoms with E-state index in [1.165, 1.54) is 0 Å². The van der Waals surface area contributed by atoms with Crippen LogP contribution in [0.4, 0.5) is 5.82 Å². The van der Waals surface area contributed by atoms with Gasteiger partial charge in [0.2, 0.25) is 0 Å². The number of aromatic nitrogens is 4. The van der Waals surface area contributed by atoms with Crippen LogP contribution >= 0.6 is 11.8 Å². The van der Waals surface area contributed by atoms with Gasteiger partial charge in [0.1, 0.15) is 23.0 Å². The lowest BCUT2D eigenvalue weighted by atomic mass is 10.2. The van der Waals surface area contributed by atoms with Crippen LogP contribution in [0, 0.1) is 6.92 Å². The SMILES string of the molecule is Cc1cc(N)nc(CSc2ncnc3ccccc23)n1. The van der Waals surface area contributed by atoms with Gasteiger partial charge in [0.25, 0.3) is 0 Å². The lowest BCUT2D eigenvalue weighted by Gasteiger charge is -2.05. The van der Waals surface area contributed by atoms with Crippen molar-refractivity contribution in [3.63, 3.8) is 0 Å². The van der Waals surface area contributed by atoms with Gasteiger partial charge in [-0.15, -0.1) is 0 Å². The molecular formula is C14H13N5S.